The number of para-hydroxylation sites is 1. The number of nitrogens with zero attached hydrogens (tertiary/aromatic N) is 3. The highest BCUT2D eigenvalue weighted by Crippen LogP contribution is 2.27. The molecule has 29 heavy (non-hydrogen) atoms. The Hall–Kier alpha value is -2.94. The molecule has 1 saturated heterocycles. The first-order valence-electron chi connectivity index (χ1n) is 9.27. The zero-order chi connectivity index (χ0) is 21.1. The number of amides is 6. The SMILES string of the molecule is CN(CC(=O)Nc1ccccc1Cl)C(=O)CN1C(=O)C(=O)N(C2CCCC2)C1=O. The molecule has 1 N–H and O–H groups in total. The molecule has 1 aliphatic carbocycles. The molecule has 1 aromatic carbocycles. The van der Waals surface area contributed by atoms with E-state index in [0.717, 1.165) is 22.6 Å². The first-order chi connectivity index (χ1) is 13.8. The van der Waals surface area contributed by atoms with Crippen LogP contribution in [0.2, 0.25) is 5.02 Å². The van der Waals surface area contributed by atoms with Gasteiger partial charge in [-0.3, -0.25) is 24.1 Å². The molecule has 154 valence electrons. The smallest absolute Gasteiger partial charge is 0.334 e. The van der Waals surface area contributed by atoms with Crippen LogP contribution in [-0.4, -0.2) is 70.5 Å². The summed E-state index contributed by atoms with van der Waals surface area (Å²) in [4.78, 5) is 64.2. The van der Waals surface area contributed by atoms with Crippen LogP contribution in [0.25, 0.3) is 0 Å². The number of benzene rings is 1. The van der Waals surface area contributed by atoms with Crippen LogP contribution < -0.4 is 5.32 Å². The number of hydrogen-bond donors (Lipinski definition) is 1. The van der Waals surface area contributed by atoms with Crippen LogP contribution in [-0.2, 0) is 19.2 Å². The fraction of sp³-hybridized carbons (Fsp3) is 0.421. The molecule has 1 aromatic rings. The first kappa shape index (κ1) is 20.8. The van der Waals surface area contributed by atoms with Gasteiger partial charge in [0, 0.05) is 13.1 Å². The Labute approximate surface area is 172 Å². The van der Waals surface area contributed by atoms with Gasteiger partial charge in [-0.15, -0.1) is 0 Å². The van der Waals surface area contributed by atoms with Crippen molar-refractivity contribution in [1.29, 1.82) is 0 Å². The van der Waals surface area contributed by atoms with Gasteiger partial charge in [-0.25, -0.2) is 9.69 Å². The summed E-state index contributed by atoms with van der Waals surface area (Å²) >= 11 is 5.98. The number of nitrogens with one attached hydrogen (secondary N) is 1. The van der Waals surface area contributed by atoms with Crippen LogP contribution in [0.15, 0.2) is 24.3 Å². The zero-order valence-corrected chi connectivity index (χ0v) is 16.6. The minimum Gasteiger partial charge on any atom is -0.335 e. The summed E-state index contributed by atoms with van der Waals surface area (Å²) in [7, 11) is 1.37. The van der Waals surface area contributed by atoms with Gasteiger partial charge >= 0.3 is 17.8 Å². The van der Waals surface area contributed by atoms with Gasteiger partial charge in [0.2, 0.25) is 11.8 Å². The van der Waals surface area contributed by atoms with Crippen molar-refractivity contribution in [1.82, 2.24) is 14.7 Å². The molecule has 2 fully saturated rings. The third kappa shape index (κ3) is 4.40. The van der Waals surface area contributed by atoms with E-state index < -0.39 is 36.2 Å². The molecule has 1 aliphatic heterocycles. The van der Waals surface area contributed by atoms with Gasteiger partial charge in [-0.05, 0) is 25.0 Å². The lowest BCUT2D eigenvalue weighted by Crippen LogP contribution is -2.45. The molecule has 3 rings (SSSR count). The van der Waals surface area contributed by atoms with Gasteiger partial charge in [0.1, 0.15) is 6.54 Å². The molecular weight excluding hydrogens is 400 g/mol. The first-order valence-corrected chi connectivity index (χ1v) is 9.64. The normalized spacial score (nSPS) is 17.2. The average Bonchev–Trinajstić information content (AvgIpc) is 3.27. The molecule has 0 bridgehead atoms. The van der Waals surface area contributed by atoms with Gasteiger partial charge < -0.3 is 10.2 Å². The van der Waals surface area contributed by atoms with Crippen LogP contribution in [0, 0.1) is 0 Å². The number of hydrogen-bond acceptors (Lipinski definition) is 5. The summed E-state index contributed by atoms with van der Waals surface area (Å²) < 4.78 is 0. The summed E-state index contributed by atoms with van der Waals surface area (Å²) in [6, 6.07) is 5.59. The maximum absolute atomic E-state index is 12.5. The third-order valence-electron chi connectivity index (χ3n) is 5.02. The molecule has 0 atom stereocenters. The maximum atomic E-state index is 12.5. The molecule has 10 heteroatoms. The van der Waals surface area contributed by atoms with Gasteiger partial charge in [-0.2, -0.15) is 0 Å². The Morgan fingerprint density at radius 1 is 1.14 bits per heavy atom. The Kier molecular flexibility index (Phi) is 6.17. The van der Waals surface area contributed by atoms with Crippen molar-refractivity contribution < 1.29 is 24.0 Å². The second kappa shape index (κ2) is 8.60. The molecule has 2 aliphatic rings. The molecule has 0 radical (unpaired) electrons. The van der Waals surface area contributed by atoms with Crippen LogP contribution >= 0.6 is 11.6 Å². The highest BCUT2D eigenvalue weighted by molar-refractivity contribution is 6.45. The summed E-state index contributed by atoms with van der Waals surface area (Å²) in [5, 5.41) is 2.94. The lowest BCUT2D eigenvalue weighted by molar-refractivity contribution is -0.145. The number of carbonyl (C=O) groups is 5. The average molecular weight is 421 g/mol. The Balaban J connectivity index is 1.58. The highest BCUT2D eigenvalue weighted by atomic mass is 35.5. The summed E-state index contributed by atoms with van der Waals surface area (Å²) in [5.41, 5.74) is 0.405. The second-order valence-electron chi connectivity index (χ2n) is 7.07. The fourth-order valence-electron chi connectivity index (χ4n) is 3.46. The van der Waals surface area contributed by atoms with E-state index in [4.69, 9.17) is 11.6 Å². The van der Waals surface area contributed by atoms with Gasteiger partial charge in [0.25, 0.3) is 0 Å². The van der Waals surface area contributed by atoms with Crippen molar-refractivity contribution in [2.75, 3.05) is 25.5 Å². The summed E-state index contributed by atoms with van der Waals surface area (Å²) in [6.45, 7) is -0.900. The lowest BCUT2D eigenvalue weighted by atomic mass is 10.2. The molecule has 1 heterocycles. The van der Waals surface area contributed by atoms with Crippen molar-refractivity contribution in [2.24, 2.45) is 0 Å². The van der Waals surface area contributed by atoms with Crippen molar-refractivity contribution in [3.63, 3.8) is 0 Å². The minimum absolute atomic E-state index is 0.293. The van der Waals surface area contributed by atoms with Crippen LogP contribution in [0.1, 0.15) is 25.7 Å². The molecule has 9 nitrogen and oxygen atoms in total. The predicted molar refractivity (Wildman–Crippen MR) is 104 cm³/mol. The standard InChI is InChI=1S/C19H21ClN4O5/c1-22(10-15(25)21-14-9-5-4-8-13(14)20)16(26)11-23-17(27)18(28)24(19(23)29)12-6-2-3-7-12/h4-5,8-9,12H,2-3,6-7,10-11H2,1H3,(H,21,25). The van der Waals surface area contributed by atoms with E-state index in [9.17, 15) is 24.0 Å². The van der Waals surface area contributed by atoms with Gasteiger partial charge in [0.05, 0.1) is 17.3 Å². The molecule has 0 aromatic heterocycles. The topological polar surface area (TPSA) is 107 Å². The Bertz CT molecular complexity index is 868. The number of rotatable bonds is 6. The van der Waals surface area contributed by atoms with Crippen LogP contribution in [0.3, 0.4) is 0 Å². The van der Waals surface area contributed by atoms with E-state index >= 15 is 0 Å². The van der Waals surface area contributed by atoms with Crippen molar-refractivity contribution >= 4 is 46.9 Å². The van der Waals surface area contributed by atoms with E-state index in [2.05, 4.69) is 5.32 Å². The molecule has 1 saturated carbocycles. The van der Waals surface area contributed by atoms with Crippen molar-refractivity contribution in [2.45, 2.75) is 31.7 Å². The number of halogens is 1. The Morgan fingerprint density at radius 2 is 1.79 bits per heavy atom. The number of likely N-dealkylation sites (N-methyl/N-ethyl adjacent to an activating group) is 1. The largest absolute Gasteiger partial charge is 0.335 e. The van der Waals surface area contributed by atoms with Crippen molar-refractivity contribution in [3.05, 3.63) is 29.3 Å². The number of anilines is 1. The second-order valence-corrected chi connectivity index (χ2v) is 7.47. The fourth-order valence-corrected chi connectivity index (χ4v) is 3.64. The highest BCUT2D eigenvalue weighted by Gasteiger charge is 2.48. The van der Waals surface area contributed by atoms with Gasteiger partial charge in [-0.1, -0.05) is 36.6 Å². The zero-order valence-electron chi connectivity index (χ0n) is 15.9. The van der Waals surface area contributed by atoms with E-state index in [-0.39, 0.29) is 12.6 Å². The molecule has 0 unspecified atom stereocenters. The monoisotopic (exact) mass is 420 g/mol. The third-order valence-corrected chi connectivity index (χ3v) is 5.35. The number of imide groups is 2. The molecule has 0 spiro atoms. The molecular formula is C19H21ClN4O5. The number of carbonyl (C=O) groups excluding carboxylic acids is 5. The number of urea groups is 1. The Morgan fingerprint density at radius 3 is 2.45 bits per heavy atom. The van der Waals surface area contributed by atoms with Crippen molar-refractivity contribution in [3.8, 4) is 0 Å². The quantitative estimate of drug-likeness (QED) is 0.554. The van der Waals surface area contributed by atoms with E-state index in [1.54, 1.807) is 24.3 Å². The van der Waals surface area contributed by atoms with E-state index in [1.807, 2.05) is 0 Å². The van der Waals surface area contributed by atoms with Crippen LogP contribution in [0.4, 0.5) is 10.5 Å². The lowest BCUT2D eigenvalue weighted by Gasteiger charge is -2.22. The summed E-state index contributed by atoms with van der Waals surface area (Å²) in [5.74, 6) is -3.03. The van der Waals surface area contributed by atoms with Gasteiger partial charge in [0.15, 0.2) is 0 Å². The molecule has 6 amide bonds. The minimum atomic E-state index is -1.01. The van der Waals surface area contributed by atoms with E-state index in [1.165, 1.54) is 7.05 Å². The predicted octanol–water partition coefficient (Wildman–Crippen LogP) is 1.47. The summed E-state index contributed by atoms with van der Waals surface area (Å²) in [6.07, 6.45) is 3.10. The van der Waals surface area contributed by atoms with E-state index in [0.29, 0.717) is 28.5 Å². The maximum Gasteiger partial charge on any atom is 0.334 e. The van der Waals surface area contributed by atoms with Crippen LogP contribution in [0.5, 0.6) is 0 Å².